The van der Waals surface area contributed by atoms with Gasteiger partial charge in [0.15, 0.2) is 0 Å². The SMILES string of the molecule is Cc1oc(-c2cccc(Br)c2)nc1CCC(=O)O. The van der Waals surface area contributed by atoms with Gasteiger partial charge >= 0.3 is 5.97 Å². The average Bonchev–Trinajstić information content (AvgIpc) is 2.68. The summed E-state index contributed by atoms with van der Waals surface area (Å²) in [5.74, 6) is 0.363. The molecule has 0 atom stereocenters. The van der Waals surface area contributed by atoms with Crippen LogP contribution in [0.2, 0.25) is 0 Å². The van der Waals surface area contributed by atoms with E-state index in [4.69, 9.17) is 9.52 Å². The first-order valence-electron chi connectivity index (χ1n) is 5.50. The van der Waals surface area contributed by atoms with Crippen molar-refractivity contribution >= 4 is 21.9 Å². The van der Waals surface area contributed by atoms with Gasteiger partial charge in [-0.1, -0.05) is 22.0 Å². The molecule has 0 radical (unpaired) electrons. The monoisotopic (exact) mass is 309 g/mol. The van der Waals surface area contributed by atoms with Gasteiger partial charge in [0.1, 0.15) is 5.76 Å². The molecule has 0 fully saturated rings. The highest BCUT2D eigenvalue weighted by Gasteiger charge is 2.12. The Balaban J connectivity index is 2.25. The zero-order valence-electron chi connectivity index (χ0n) is 9.81. The minimum absolute atomic E-state index is 0.0608. The first-order chi connectivity index (χ1) is 8.56. The zero-order valence-corrected chi connectivity index (χ0v) is 11.4. The predicted molar refractivity (Wildman–Crippen MR) is 70.3 cm³/mol. The second kappa shape index (κ2) is 5.35. The van der Waals surface area contributed by atoms with E-state index in [1.807, 2.05) is 24.3 Å². The maximum absolute atomic E-state index is 10.5. The van der Waals surface area contributed by atoms with Crippen molar-refractivity contribution in [3.8, 4) is 11.5 Å². The number of carboxylic acid groups (broad SMARTS) is 1. The second-order valence-corrected chi connectivity index (χ2v) is 4.84. The number of rotatable bonds is 4. The molecular formula is C13H12BrNO3. The summed E-state index contributed by atoms with van der Waals surface area (Å²) in [5, 5.41) is 8.66. The predicted octanol–water partition coefficient (Wildman–Crippen LogP) is 3.43. The van der Waals surface area contributed by atoms with Crippen molar-refractivity contribution in [3.05, 3.63) is 40.2 Å². The van der Waals surface area contributed by atoms with Gasteiger partial charge in [-0.15, -0.1) is 0 Å². The van der Waals surface area contributed by atoms with Gasteiger partial charge in [0.25, 0.3) is 0 Å². The number of carboxylic acids is 1. The van der Waals surface area contributed by atoms with Gasteiger partial charge in [-0.05, 0) is 25.1 Å². The summed E-state index contributed by atoms with van der Waals surface area (Å²) in [7, 11) is 0. The second-order valence-electron chi connectivity index (χ2n) is 3.93. The van der Waals surface area contributed by atoms with Crippen LogP contribution < -0.4 is 0 Å². The zero-order chi connectivity index (χ0) is 13.1. The van der Waals surface area contributed by atoms with E-state index in [2.05, 4.69) is 20.9 Å². The lowest BCUT2D eigenvalue weighted by Gasteiger charge is -1.95. The van der Waals surface area contributed by atoms with Gasteiger partial charge in [0.05, 0.1) is 12.1 Å². The van der Waals surface area contributed by atoms with Crippen molar-refractivity contribution in [1.29, 1.82) is 0 Å². The van der Waals surface area contributed by atoms with E-state index >= 15 is 0 Å². The molecule has 5 heteroatoms. The molecule has 0 aliphatic rings. The van der Waals surface area contributed by atoms with Crippen molar-refractivity contribution in [2.24, 2.45) is 0 Å². The van der Waals surface area contributed by atoms with Gasteiger partial charge in [-0.25, -0.2) is 4.98 Å². The number of halogens is 1. The van der Waals surface area contributed by atoms with E-state index < -0.39 is 5.97 Å². The highest BCUT2D eigenvalue weighted by molar-refractivity contribution is 9.10. The molecule has 0 bridgehead atoms. The lowest BCUT2D eigenvalue weighted by molar-refractivity contribution is -0.136. The van der Waals surface area contributed by atoms with Crippen LogP contribution in [0.5, 0.6) is 0 Å². The topological polar surface area (TPSA) is 63.3 Å². The first-order valence-corrected chi connectivity index (χ1v) is 6.29. The lowest BCUT2D eigenvalue weighted by atomic mass is 10.2. The quantitative estimate of drug-likeness (QED) is 0.939. The number of carbonyl (C=O) groups is 1. The molecule has 0 spiro atoms. The van der Waals surface area contributed by atoms with Crippen LogP contribution in [0.3, 0.4) is 0 Å². The standard InChI is InChI=1S/C13H12BrNO3/c1-8-11(5-6-12(16)17)15-13(18-8)9-3-2-4-10(14)7-9/h2-4,7H,5-6H2,1H3,(H,16,17). The summed E-state index contributed by atoms with van der Waals surface area (Å²) in [5.41, 5.74) is 1.57. The Bertz CT molecular complexity index is 577. The normalized spacial score (nSPS) is 10.6. The maximum Gasteiger partial charge on any atom is 0.303 e. The summed E-state index contributed by atoms with van der Waals surface area (Å²) in [6.45, 7) is 1.80. The Kier molecular flexibility index (Phi) is 3.81. The molecule has 0 unspecified atom stereocenters. The minimum atomic E-state index is -0.832. The molecular weight excluding hydrogens is 298 g/mol. The van der Waals surface area contributed by atoms with Gasteiger partial charge in [-0.2, -0.15) is 0 Å². The number of benzene rings is 1. The molecule has 2 aromatic rings. The Morgan fingerprint density at radius 1 is 1.50 bits per heavy atom. The molecule has 1 heterocycles. The summed E-state index contributed by atoms with van der Waals surface area (Å²) in [4.78, 5) is 14.9. The highest BCUT2D eigenvalue weighted by Crippen LogP contribution is 2.24. The molecule has 0 saturated heterocycles. The number of nitrogens with zero attached hydrogens (tertiary/aromatic N) is 1. The molecule has 1 N–H and O–H groups in total. The smallest absolute Gasteiger partial charge is 0.303 e. The first kappa shape index (κ1) is 12.8. The lowest BCUT2D eigenvalue weighted by Crippen LogP contribution is -1.98. The number of aryl methyl sites for hydroxylation is 2. The van der Waals surface area contributed by atoms with Crippen molar-refractivity contribution in [1.82, 2.24) is 4.98 Å². The molecule has 18 heavy (non-hydrogen) atoms. The molecule has 0 amide bonds. The molecule has 94 valence electrons. The van der Waals surface area contributed by atoms with Crippen LogP contribution >= 0.6 is 15.9 Å². The molecule has 1 aromatic heterocycles. The molecule has 2 rings (SSSR count). The Labute approximate surface area is 113 Å². The maximum atomic E-state index is 10.5. The summed E-state index contributed by atoms with van der Waals surface area (Å²) < 4.78 is 6.51. The Morgan fingerprint density at radius 2 is 2.28 bits per heavy atom. The Hall–Kier alpha value is -1.62. The minimum Gasteiger partial charge on any atom is -0.481 e. The number of aliphatic carboxylic acids is 1. The van der Waals surface area contributed by atoms with Crippen LogP contribution in [0.4, 0.5) is 0 Å². The number of hydrogen-bond acceptors (Lipinski definition) is 3. The molecule has 0 aliphatic carbocycles. The van der Waals surface area contributed by atoms with Crippen LogP contribution in [0.1, 0.15) is 17.9 Å². The third-order valence-electron chi connectivity index (χ3n) is 2.54. The molecule has 4 nitrogen and oxygen atoms in total. The van der Waals surface area contributed by atoms with Crippen LogP contribution in [0.25, 0.3) is 11.5 Å². The number of oxazole rings is 1. The van der Waals surface area contributed by atoms with Gasteiger partial charge < -0.3 is 9.52 Å². The molecule has 0 saturated carbocycles. The van der Waals surface area contributed by atoms with Gasteiger partial charge in [0.2, 0.25) is 5.89 Å². The summed E-state index contributed by atoms with van der Waals surface area (Å²) in [6, 6.07) is 7.63. The van der Waals surface area contributed by atoms with Crippen molar-refractivity contribution in [2.45, 2.75) is 19.8 Å². The highest BCUT2D eigenvalue weighted by atomic mass is 79.9. The van der Waals surface area contributed by atoms with Crippen LogP contribution in [-0.4, -0.2) is 16.1 Å². The average molecular weight is 310 g/mol. The summed E-state index contributed by atoms with van der Waals surface area (Å²) >= 11 is 3.39. The molecule has 1 aromatic carbocycles. The van der Waals surface area contributed by atoms with E-state index in [0.29, 0.717) is 23.8 Å². The van der Waals surface area contributed by atoms with E-state index in [0.717, 1.165) is 10.0 Å². The third-order valence-corrected chi connectivity index (χ3v) is 3.03. The molecule has 0 aliphatic heterocycles. The van der Waals surface area contributed by atoms with E-state index in [9.17, 15) is 4.79 Å². The van der Waals surface area contributed by atoms with E-state index in [-0.39, 0.29) is 6.42 Å². The number of hydrogen-bond donors (Lipinski definition) is 1. The number of aromatic nitrogens is 1. The fraction of sp³-hybridized carbons (Fsp3) is 0.231. The van der Waals surface area contributed by atoms with Crippen LogP contribution in [-0.2, 0) is 11.2 Å². The third kappa shape index (κ3) is 2.98. The summed E-state index contributed by atoms with van der Waals surface area (Å²) in [6.07, 6.45) is 0.448. The van der Waals surface area contributed by atoms with Crippen LogP contribution in [0, 0.1) is 6.92 Å². The van der Waals surface area contributed by atoms with Gasteiger partial charge in [0, 0.05) is 16.5 Å². The fourth-order valence-corrected chi connectivity index (χ4v) is 2.03. The Morgan fingerprint density at radius 3 is 2.94 bits per heavy atom. The van der Waals surface area contributed by atoms with Gasteiger partial charge in [-0.3, -0.25) is 4.79 Å². The van der Waals surface area contributed by atoms with Crippen molar-refractivity contribution in [2.75, 3.05) is 0 Å². The van der Waals surface area contributed by atoms with Crippen LogP contribution in [0.15, 0.2) is 33.2 Å². The van der Waals surface area contributed by atoms with E-state index in [1.165, 1.54) is 0 Å². The fourth-order valence-electron chi connectivity index (χ4n) is 1.63. The van der Waals surface area contributed by atoms with Crippen molar-refractivity contribution < 1.29 is 14.3 Å². The van der Waals surface area contributed by atoms with Crippen molar-refractivity contribution in [3.63, 3.8) is 0 Å². The van der Waals surface area contributed by atoms with E-state index in [1.54, 1.807) is 6.92 Å². The largest absolute Gasteiger partial charge is 0.481 e.